The highest BCUT2D eigenvalue weighted by atomic mass is 16.7. The summed E-state index contributed by atoms with van der Waals surface area (Å²) in [4.78, 5) is 60.6. The summed E-state index contributed by atoms with van der Waals surface area (Å²) in [7, 11) is 1.30. The number of rotatable bonds is 6. The zero-order valence-corrected chi connectivity index (χ0v) is 18.5. The van der Waals surface area contributed by atoms with Crippen LogP contribution in [-0.2, 0) is 40.4 Å². The molecule has 0 aliphatic carbocycles. The van der Waals surface area contributed by atoms with E-state index in [9.17, 15) is 24.0 Å². The molecule has 0 saturated carbocycles. The third-order valence-corrected chi connectivity index (χ3v) is 5.01. The predicted octanol–water partition coefficient (Wildman–Crippen LogP) is 0.538. The lowest BCUT2D eigenvalue weighted by molar-refractivity contribution is -0.166. The number of carbonyl (C=O) groups excluding carboxylic acids is 3. The molecule has 4 atom stereocenters. The Labute approximate surface area is 188 Å². The maximum Gasteiger partial charge on any atom is 0.333 e. The predicted molar refractivity (Wildman–Crippen MR) is 113 cm³/mol. The van der Waals surface area contributed by atoms with Gasteiger partial charge in [0.1, 0.15) is 12.7 Å². The Kier molecular flexibility index (Phi) is 7.12. The first-order valence-corrected chi connectivity index (χ1v) is 10.1. The standard InChI is InChI=1S/C22H24N2O9/c1-12(25)30-11-17-19(31-13(2)26)20(32-14(3)27)21(33-17)24-16(15-8-6-5-7-9-15)10-18(28)23(4)22(24)29/h5-10,17,19-21H,11H2,1-4H3. The fraction of sp³-hybridized carbons (Fsp3) is 0.409. The minimum atomic E-state index is -1.28. The van der Waals surface area contributed by atoms with Crippen LogP contribution in [0, 0.1) is 0 Å². The molecule has 2 aromatic rings. The molecule has 0 N–H and O–H groups in total. The van der Waals surface area contributed by atoms with E-state index in [-0.39, 0.29) is 12.3 Å². The van der Waals surface area contributed by atoms with Crippen molar-refractivity contribution in [1.82, 2.24) is 9.13 Å². The smallest absolute Gasteiger partial charge is 0.333 e. The highest BCUT2D eigenvalue weighted by Crippen LogP contribution is 2.35. The van der Waals surface area contributed by atoms with Gasteiger partial charge in [0.15, 0.2) is 18.4 Å². The molecule has 4 unspecified atom stereocenters. The van der Waals surface area contributed by atoms with Crippen molar-refractivity contribution in [3.63, 3.8) is 0 Å². The van der Waals surface area contributed by atoms with Crippen molar-refractivity contribution < 1.29 is 33.3 Å². The van der Waals surface area contributed by atoms with Gasteiger partial charge < -0.3 is 18.9 Å². The monoisotopic (exact) mass is 460 g/mol. The van der Waals surface area contributed by atoms with Crippen molar-refractivity contribution in [3.05, 3.63) is 57.2 Å². The zero-order chi connectivity index (χ0) is 24.3. The number of hydrogen-bond donors (Lipinski definition) is 0. The SMILES string of the molecule is CC(=O)OCC1OC(n2c(-c3ccccc3)cc(=O)n(C)c2=O)C(OC(C)=O)C1OC(C)=O. The van der Waals surface area contributed by atoms with E-state index < -0.39 is 53.7 Å². The Balaban J connectivity index is 2.20. The van der Waals surface area contributed by atoms with Gasteiger partial charge in [0.25, 0.3) is 5.56 Å². The molecular formula is C22H24N2O9. The molecule has 0 bridgehead atoms. The maximum absolute atomic E-state index is 13.2. The van der Waals surface area contributed by atoms with Gasteiger partial charge in [-0.15, -0.1) is 0 Å². The molecule has 1 aromatic heterocycles. The number of ether oxygens (including phenoxy) is 4. The van der Waals surface area contributed by atoms with Crippen molar-refractivity contribution >= 4 is 17.9 Å². The van der Waals surface area contributed by atoms with Gasteiger partial charge in [-0.1, -0.05) is 30.3 Å². The van der Waals surface area contributed by atoms with E-state index in [0.29, 0.717) is 5.56 Å². The summed E-state index contributed by atoms with van der Waals surface area (Å²) in [5.41, 5.74) is -0.547. The van der Waals surface area contributed by atoms with Crippen LogP contribution in [0.15, 0.2) is 46.0 Å². The van der Waals surface area contributed by atoms with Crippen LogP contribution in [0.25, 0.3) is 11.3 Å². The number of aromatic nitrogens is 2. The molecule has 1 aliphatic rings. The van der Waals surface area contributed by atoms with Crippen LogP contribution < -0.4 is 11.2 Å². The topological polar surface area (TPSA) is 132 Å². The van der Waals surface area contributed by atoms with Crippen molar-refractivity contribution in [2.24, 2.45) is 7.05 Å². The second-order valence-corrected chi connectivity index (χ2v) is 7.46. The lowest BCUT2D eigenvalue weighted by Crippen LogP contribution is -2.45. The molecule has 1 saturated heterocycles. The number of benzene rings is 1. The first-order valence-electron chi connectivity index (χ1n) is 10.1. The Bertz CT molecular complexity index is 1170. The fourth-order valence-electron chi connectivity index (χ4n) is 3.62. The van der Waals surface area contributed by atoms with Crippen molar-refractivity contribution in [2.45, 2.75) is 45.3 Å². The van der Waals surface area contributed by atoms with E-state index in [1.165, 1.54) is 20.0 Å². The van der Waals surface area contributed by atoms with Gasteiger partial charge in [0.05, 0.1) is 5.69 Å². The molecular weight excluding hydrogens is 436 g/mol. The third kappa shape index (κ3) is 5.20. The van der Waals surface area contributed by atoms with E-state index in [0.717, 1.165) is 23.0 Å². The van der Waals surface area contributed by atoms with E-state index in [2.05, 4.69) is 0 Å². The Morgan fingerprint density at radius 3 is 2.12 bits per heavy atom. The number of hydrogen-bond acceptors (Lipinski definition) is 9. The van der Waals surface area contributed by atoms with Gasteiger partial charge in [0, 0.05) is 33.9 Å². The average molecular weight is 460 g/mol. The van der Waals surface area contributed by atoms with E-state index >= 15 is 0 Å². The van der Waals surface area contributed by atoms with Gasteiger partial charge in [-0.25, -0.2) is 4.79 Å². The van der Waals surface area contributed by atoms with Crippen molar-refractivity contribution in [1.29, 1.82) is 0 Å². The average Bonchev–Trinajstić information content (AvgIpc) is 3.06. The zero-order valence-electron chi connectivity index (χ0n) is 18.5. The van der Waals surface area contributed by atoms with Gasteiger partial charge in [-0.05, 0) is 5.56 Å². The van der Waals surface area contributed by atoms with Gasteiger partial charge in [-0.2, -0.15) is 0 Å². The highest BCUT2D eigenvalue weighted by Gasteiger charge is 2.51. The molecule has 11 heteroatoms. The van der Waals surface area contributed by atoms with E-state index in [1.54, 1.807) is 30.3 Å². The summed E-state index contributed by atoms with van der Waals surface area (Å²) in [5, 5.41) is 0. The number of carbonyl (C=O) groups is 3. The Hall–Kier alpha value is -3.73. The summed E-state index contributed by atoms with van der Waals surface area (Å²) in [6.45, 7) is 3.20. The van der Waals surface area contributed by atoms with E-state index in [4.69, 9.17) is 18.9 Å². The van der Waals surface area contributed by atoms with Crippen LogP contribution in [0.3, 0.4) is 0 Å². The fourth-order valence-corrected chi connectivity index (χ4v) is 3.62. The van der Waals surface area contributed by atoms with Crippen LogP contribution in [0.5, 0.6) is 0 Å². The maximum atomic E-state index is 13.2. The quantitative estimate of drug-likeness (QED) is 0.447. The molecule has 33 heavy (non-hydrogen) atoms. The molecule has 0 spiro atoms. The summed E-state index contributed by atoms with van der Waals surface area (Å²) in [6, 6.07) is 9.87. The van der Waals surface area contributed by atoms with Gasteiger partial charge >= 0.3 is 23.6 Å². The number of esters is 3. The van der Waals surface area contributed by atoms with Crippen molar-refractivity contribution in [3.8, 4) is 11.3 Å². The van der Waals surface area contributed by atoms with Crippen molar-refractivity contribution in [2.75, 3.05) is 6.61 Å². The normalized spacial score (nSPS) is 21.9. The number of nitrogens with zero attached hydrogens (tertiary/aromatic N) is 2. The molecule has 176 valence electrons. The summed E-state index contributed by atoms with van der Waals surface area (Å²) < 4.78 is 23.8. The second kappa shape index (κ2) is 9.82. The third-order valence-electron chi connectivity index (χ3n) is 5.01. The summed E-state index contributed by atoms with van der Waals surface area (Å²) >= 11 is 0. The Morgan fingerprint density at radius 1 is 0.939 bits per heavy atom. The van der Waals surface area contributed by atoms with Crippen LogP contribution >= 0.6 is 0 Å². The summed E-state index contributed by atoms with van der Waals surface area (Å²) in [5.74, 6) is -2.00. The first-order chi connectivity index (χ1) is 15.6. The molecule has 1 aromatic carbocycles. The second-order valence-electron chi connectivity index (χ2n) is 7.46. The molecule has 2 heterocycles. The molecule has 11 nitrogen and oxygen atoms in total. The Morgan fingerprint density at radius 2 is 1.55 bits per heavy atom. The van der Waals surface area contributed by atoms with E-state index in [1.807, 2.05) is 0 Å². The molecule has 0 amide bonds. The van der Waals surface area contributed by atoms with Crippen LogP contribution in [0.4, 0.5) is 0 Å². The van der Waals surface area contributed by atoms with Gasteiger partial charge in [-0.3, -0.25) is 28.3 Å². The minimum Gasteiger partial charge on any atom is -0.463 e. The van der Waals surface area contributed by atoms with Crippen LogP contribution in [-0.4, -0.2) is 52.0 Å². The largest absolute Gasteiger partial charge is 0.463 e. The lowest BCUT2D eigenvalue weighted by atomic mass is 10.1. The van der Waals surface area contributed by atoms with Crippen LogP contribution in [0.2, 0.25) is 0 Å². The highest BCUT2D eigenvalue weighted by molar-refractivity contribution is 5.68. The van der Waals surface area contributed by atoms with Gasteiger partial charge in [0.2, 0.25) is 0 Å². The molecule has 3 rings (SSSR count). The minimum absolute atomic E-state index is 0.209. The lowest BCUT2D eigenvalue weighted by Gasteiger charge is -2.25. The molecule has 1 aliphatic heterocycles. The molecule has 0 radical (unpaired) electrons. The summed E-state index contributed by atoms with van der Waals surface area (Å²) in [6.07, 6.45) is -4.76. The molecule has 1 fully saturated rings. The van der Waals surface area contributed by atoms with Crippen LogP contribution in [0.1, 0.15) is 27.0 Å². The first kappa shape index (κ1) is 23.9.